The highest BCUT2D eigenvalue weighted by atomic mass is 19.4. The van der Waals surface area contributed by atoms with Gasteiger partial charge in [0.1, 0.15) is 23.6 Å². The van der Waals surface area contributed by atoms with Gasteiger partial charge in [0, 0.05) is 16.6 Å². The van der Waals surface area contributed by atoms with Crippen molar-refractivity contribution in [1.82, 2.24) is 15.3 Å². The zero-order chi connectivity index (χ0) is 26.6. The molecular formula is C28H23F3N4O2. The average molecular weight is 505 g/mol. The molecule has 1 heterocycles. The quantitative estimate of drug-likeness (QED) is 0.313. The molecular weight excluding hydrogens is 481 g/mol. The molecule has 37 heavy (non-hydrogen) atoms. The number of para-hydroxylation sites is 1. The summed E-state index contributed by atoms with van der Waals surface area (Å²) in [5.41, 5.74) is 1.50. The molecule has 6 nitrogen and oxygen atoms in total. The van der Waals surface area contributed by atoms with Crippen molar-refractivity contribution in [2.45, 2.75) is 32.5 Å². The number of ether oxygens (including phenoxy) is 1. The molecule has 1 amide bonds. The summed E-state index contributed by atoms with van der Waals surface area (Å²) in [6.45, 7) is 4.73. The van der Waals surface area contributed by atoms with Crippen molar-refractivity contribution < 1.29 is 22.7 Å². The van der Waals surface area contributed by atoms with E-state index < -0.39 is 17.6 Å². The molecule has 4 rings (SSSR count). The second-order valence-corrected chi connectivity index (χ2v) is 8.80. The SMILES string of the molecule is Cc1cc(Nc2ncnc3ccc(C#CC(C)(C)NC(=O)C(F)(F)F)cc23)ccc1Oc1ccccc1. The number of anilines is 2. The topological polar surface area (TPSA) is 76.1 Å². The van der Waals surface area contributed by atoms with Crippen LogP contribution >= 0.6 is 0 Å². The number of rotatable bonds is 5. The predicted molar refractivity (Wildman–Crippen MR) is 136 cm³/mol. The van der Waals surface area contributed by atoms with Crippen molar-refractivity contribution >= 4 is 28.3 Å². The molecule has 1 aromatic heterocycles. The molecule has 0 radical (unpaired) electrons. The summed E-state index contributed by atoms with van der Waals surface area (Å²) in [6.07, 6.45) is -3.55. The van der Waals surface area contributed by atoms with E-state index in [1.54, 1.807) is 18.2 Å². The third-order valence-electron chi connectivity index (χ3n) is 5.25. The van der Waals surface area contributed by atoms with Crippen LogP contribution in [0.3, 0.4) is 0 Å². The van der Waals surface area contributed by atoms with E-state index in [9.17, 15) is 18.0 Å². The molecule has 0 aliphatic heterocycles. The minimum atomic E-state index is -4.98. The molecule has 0 saturated heterocycles. The Morgan fingerprint density at radius 2 is 1.73 bits per heavy atom. The highest BCUT2D eigenvalue weighted by molar-refractivity contribution is 5.91. The van der Waals surface area contributed by atoms with E-state index in [1.807, 2.05) is 60.8 Å². The lowest BCUT2D eigenvalue weighted by molar-refractivity contribution is -0.174. The average Bonchev–Trinajstić information content (AvgIpc) is 2.84. The molecule has 0 aliphatic rings. The first-order valence-electron chi connectivity index (χ1n) is 11.3. The lowest BCUT2D eigenvalue weighted by Crippen LogP contribution is -2.48. The highest BCUT2D eigenvalue weighted by Gasteiger charge is 2.41. The second-order valence-electron chi connectivity index (χ2n) is 8.80. The first kappa shape index (κ1) is 25.5. The van der Waals surface area contributed by atoms with Gasteiger partial charge in [0.25, 0.3) is 0 Å². The number of hydrogen-bond donors (Lipinski definition) is 2. The fraction of sp³-hybridized carbons (Fsp3) is 0.179. The lowest BCUT2D eigenvalue weighted by atomic mass is 10.0. The largest absolute Gasteiger partial charge is 0.471 e. The Morgan fingerprint density at radius 1 is 0.973 bits per heavy atom. The van der Waals surface area contributed by atoms with Gasteiger partial charge in [0.2, 0.25) is 0 Å². The Kier molecular flexibility index (Phi) is 7.02. The van der Waals surface area contributed by atoms with Crippen LogP contribution in [0.5, 0.6) is 11.5 Å². The van der Waals surface area contributed by atoms with Crippen molar-refractivity contribution in [1.29, 1.82) is 0 Å². The molecule has 0 fully saturated rings. The normalized spacial score (nSPS) is 11.4. The number of halogens is 3. The molecule has 0 bridgehead atoms. The van der Waals surface area contributed by atoms with Gasteiger partial charge in [-0.2, -0.15) is 13.2 Å². The van der Waals surface area contributed by atoms with Gasteiger partial charge in [0.15, 0.2) is 0 Å². The standard InChI is InChI=1S/C28H23F3N4O2/c1-18-15-20(10-12-24(18)37-21-7-5-4-6-8-21)34-25-22-16-19(9-11-23(22)32-17-33-25)13-14-27(2,3)35-26(36)28(29,30)31/h4-12,15-17H,1-3H3,(H,35,36)(H,32,33,34). The molecule has 3 aromatic carbocycles. The van der Waals surface area contributed by atoms with Crippen LogP contribution in [0.4, 0.5) is 24.7 Å². The van der Waals surface area contributed by atoms with Gasteiger partial charge in [-0.15, -0.1) is 0 Å². The van der Waals surface area contributed by atoms with Crippen LogP contribution < -0.4 is 15.4 Å². The number of carbonyl (C=O) groups excluding carboxylic acids is 1. The number of amides is 1. The summed E-state index contributed by atoms with van der Waals surface area (Å²) in [4.78, 5) is 19.9. The van der Waals surface area contributed by atoms with Crippen molar-refractivity contribution in [2.75, 3.05) is 5.32 Å². The van der Waals surface area contributed by atoms with Gasteiger partial charge >= 0.3 is 12.1 Å². The van der Waals surface area contributed by atoms with Gasteiger partial charge in [-0.25, -0.2) is 9.97 Å². The van der Waals surface area contributed by atoms with Crippen molar-refractivity contribution in [3.05, 3.63) is 84.2 Å². The number of nitrogens with zero attached hydrogens (tertiary/aromatic N) is 2. The molecule has 0 atom stereocenters. The Morgan fingerprint density at radius 3 is 2.43 bits per heavy atom. The lowest BCUT2D eigenvalue weighted by Gasteiger charge is -2.20. The Bertz CT molecular complexity index is 1510. The van der Waals surface area contributed by atoms with E-state index in [0.29, 0.717) is 22.3 Å². The highest BCUT2D eigenvalue weighted by Crippen LogP contribution is 2.30. The van der Waals surface area contributed by atoms with Crippen molar-refractivity contribution in [3.8, 4) is 23.3 Å². The number of carbonyl (C=O) groups is 1. The van der Waals surface area contributed by atoms with E-state index in [1.165, 1.54) is 20.2 Å². The van der Waals surface area contributed by atoms with E-state index in [4.69, 9.17) is 4.74 Å². The number of aryl methyl sites for hydroxylation is 1. The minimum Gasteiger partial charge on any atom is -0.457 e. The Hall–Kier alpha value is -4.58. The summed E-state index contributed by atoms with van der Waals surface area (Å²) >= 11 is 0. The zero-order valence-corrected chi connectivity index (χ0v) is 20.3. The predicted octanol–water partition coefficient (Wildman–Crippen LogP) is 6.28. The number of benzene rings is 3. The first-order valence-corrected chi connectivity index (χ1v) is 11.3. The summed E-state index contributed by atoms with van der Waals surface area (Å²) in [5, 5.41) is 5.85. The Labute approximate surface area is 211 Å². The fourth-order valence-corrected chi connectivity index (χ4v) is 3.44. The summed E-state index contributed by atoms with van der Waals surface area (Å²) in [6, 6.07) is 20.3. The fourth-order valence-electron chi connectivity index (χ4n) is 3.44. The third-order valence-corrected chi connectivity index (χ3v) is 5.25. The maximum Gasteiger partial charge on any atom is 0.471 e. The number of aromatic nitrogens is 2. The van der Waals surface area contributed by atoms with E-state index in [0.717, 1.165) is 22.7 Å². The van der Waals surface area contributed by atoms with E-state index >= 15 is 0 Å². The van der Waals surface area contributed by atoms with Crippen LogP contribution in [0.25, 0.3) is 10.9 Å². The second kappa shape index (κ2) is 10.2. The minimum absolute atomic E-state index is 0.530. The maximum absolute atomic E-state index is 12.6. The molecule has 0 aliphatic carbocycles. The van der Waals surface area contributed by atoms with Crippen LogP contribution in [0, 0.1) is 18.8 Å². The molecule has 4 aromatic rings. The zero-order valence-electron chi connectivity index (χ0n) is 20.3. The smallest absolute Gasteiger partial charge is 0.457 e. The molecule has 188 valence electrons. The summed E-state index contributed by atoms with van der Waals surface area (Å²) < 4.78 is 43.7. The van der Waals surface area contributed by atoms with Crippen molar-refractivity contribution in [3.63, 3.8) is 0 Å². The van der Waals surface area contributed by atoms with E-state index in [2.05, 4.69) is 27.1 Å². The molecule has 9 heteroatoms. The number of hydrogen-bond acceptors (Lipinski definition) is 5. The monoisotopic (exact) mass is 504 g/mol. The maximum atomic E-state index is 12.6. The summed E-state index contributed by atoms with van der Waals surface area (Å²) in [5.74, 6) is 5.48. The van der Waals surface area contributed by atoms with Crippen molar-refractivity contribution in [2.24, 2.45) is 0 Å². The summed E-state index contributed by atoms with van der Waals surface area (Å²) in [7, 11) is 0. The molecule has 0 spiro atoms. The van der Waals surface area contributed by atoms with E-state index in [-0.39, 0.29) is 0 Å². The number of nitrogens with one attached hydrogen (secondary N) is 2. The van der Waals surface area contributed by atoms with Gasteiger partial charge < -0.3 is 15.4 Å². The molecule has 0 unspecified atom stereocenters. The van der Waals surface area contributed by atoms with Crippen LogP contribution in [0.15, 0.2) is 73.1 Å². The van der Waals surface area contributed by atoms with Crippen LogP contribution in [0.2, 0.25) is 0 Å². The van der Waals surface area contributed by atoms with Crippen LogP contribution in [0.1, 0.15) is 25.0 Å². The number of alkyl halides is 3. The van der Waals surface area contributed by atoms with Gasteiger partial charge in [-0.1, -0.05) is 30.0 Å². The number of fused-ring (bicyclic) bond motifs is 1. The Balaban J connectivity index is 1.57. The van der Waals surface area contributed by atoms with Crippen LogP contribution in [-0.4, -0.2) is 27.6 Å². The molecule has 2 N–H and O–H groups in total. The molecule has 0 saturated carbocycles. The van der Waals surface area contributed by atoms with Gasteiger partial charge in [-0.3, -0.25) is 4.79 Å². The van der Waals surface area contributed by atoms with Gasteiger partial charge in [0.05, 0.1) is 11.1 Å². The van der Waals surface area contributed by atoms with Gasteiger partial charge in [-0.05, 0) is 74.9 Å². The first-order chi connectivity index (χ1) is 17.5. The third kappa shape index (κ3) is 6.55. The van der Waals surface area contributed by atoms with Crippen LogP contribution in [-0.2, 0) is 4.79 Å².